The maximum atomic E-state index is 13.4. The van der Waals surface area contributed by atoms with Crippen molar-refractivity contribution in [3.63, 3.8) is 0 Å². The molecule has 0 aliphatic carbocycles. The average Bonchev–Trinajstić information content (AvgIpc) is 2.42. The first-order valence-corrected chi connectivity index (χ1v) is 5.85. The van der Waals surface area contributed by atoms with E-state index in [2.05, 4.69) is 10.3 Å². The van der Waals surface area contributed by atoms with Crippen LogP contribution in [0.25, 0.3) is 0 Å². The molecule has 2 rings (SSSR count). The van der Waals surface area contributed by atoms with Crippen molar-refractivity contribution in [2.45, 2.75) is 13.0 Å². The highest BCUT2D eigenvalue weighted by Crippen LogP contribution is 2.15. The van der Waals surface area contributed by atoms with E-state index < -0.39 is 35.3 Å². The highest BCUT2D eigenvalue weighted by Gasteiger charge is 2.14. The van der Waals surface area contributed by atoms with Crippen molar-refractivity contribution in [2.75, 3.05) is 0 Å². The van der Waals surface area contributed by atoms with E-state index in [1.54, 1.807) is 24.5 Å². The molecule has 0 fully saturated rings. The number of hydrogen-bond donors (Lipinski definition) is 1. The van der Waals surface area contributed by atoms with Crippen LogP contribution < -0.4 is 5.32 Å². The topological polar surface area (TPSA) is 42.0 Å². The summed E-state index contributed by atoms with van der Waals surface area (Å²) in [6.45, 7) is 0.228. The number of benzene rings is 1. The zero-order valence-corrected chi connectivity index (χ0v) is 10.4. The van der Waals surface area contributed by atoms with E-state index in [0.29, 0.717) is 12.1 Å². The molecule has 20 heavy (non-hydrogen) atoms. The first-order chi connectivity index (χ1) is 9.56. The second kappa shape index (κ2) is 6.18. The van der Waals surface area contributed by atoms with Gasteiger partial charge in [0.15, 0.2) is 0 Å². The number of rotatable bonds is 4. The third-order valence-electron chi connectivity index (χ3n) is 2.68. The van der Waals surface area contributed by atoms with Gasteiger partial charge in [0.25, 0.3) is 0 Å². The van der Waals surface area contributed by atoms with Gasteiger partial charge >= 0.3 is 0 Å². The monoisotopic (exact) mass is 280 g/mol. The highest BCUT2D eigenvalue weighted by atomic mass is 19.1. The summed E-state index contributed by atoms with van der Waals surface area (Å²) in [5.74, 6) is -3.70. The lowest BCUT2D eigenvalue weighted by Gasteiger charge is -2.07. The van der Waals surface area contributed by atoms with Crippen molar-refractivity contribution >= 4 is 5.91 Å². The van der Waals surface area contributed by atoms with Crippen LogP contribution in [0.1, 0.15) is 11.1 Å². The maximum Gasteiger partial charge on any atom is 0.224 e. The number of amides is 1. The molecule has 0 aliphatic heterocycles. The van der Waals surface area contributed by atoms with Gasteiger partial charge in [-0.05, 0) is 17.7 Å². The molecule has 1 aromatic heterocycles. The number of carbonyl (C=O) groups is 1. The molecule has 3 nitrogen and oxygen atoms in total. The number of hydrogen-bond acceptors (Lipinski definition) is 2. The van der Waals surface area contributed by atoms with E-state index in [0.717, 1.165) is 5.56 Å². The van der Waals surface area contributed by atoms with Gasteiger partial charge in [0.05, 0.1) is 6.42 Å². The Labute approximate surface area is 113 Å². The second-order valence-electron chi connectivity index (χ2n) is 4.16. The zero-order valence-electron chi connectivity index (χ0n) is 10.4. The Morgan fingerprint density at radius 3 is 2.30 bits per heavy atom. The van der Waals surface area contributed by atoms with E-state index >= 15 is 0 Å². The molecule has 0 saturated heterocycles. The average molecular weight is 280 g/mol. The Bertz CT molecular complexity index is 594. The SMILES string of the molecule is O=C(Cc1c(F)cc(F)cc1F)NCc1ccncc1. The lowest BCUT2D eigenvalue weighted by atomic mass is 10.1. The predicted molar refractivity (Wildman–Crippen MR) is 66.1 cm³/mol. The van der Waals surface area contributed by atoms with Crippen LogP contribution in [0.3, 0.4) is 0 Å². The van der Waals surface area contributed by atoms with Crippen molar-refractivity contribution in [3.8, 4) is 0 Å². The Morgan fingerprint density at radius 1 is 1.10 bits per heavy atom. The summed E-state index contributed by atoms with van der Waals surface area (Å²) < 4.78 is 39.5. The summed E-state index contributed by atoms with van der Waals surface area (Å²) in [5, 5.41) is 2.52. The van der Waals surface area contributed by atoms with Crippen molar-refractivity contribution in [2.24, 2.45) is 0 Å². The lowest BCUT2D eigenvalue weighted by Crippen LogP contribution is -2.25. The number of nitrogens with zero attached hydrogens (tertiary/aromatic N) is 1. The second-order valence-corrected chi connectivity index (χ2v) is 4.16. The fourth-order valence-corrected chi connectivity index (χ4v) is 1.67. The molecule has 2 aromatic rings. The van der Waals surface area contributed by atoms with E-state index in [1.807, 2.05) is 0 Å². The Morgan fingerprint density at radius 2 is 1.70 bits per heavy atom. The van der Waals surface area contributed by atoms with Gasteiger partial charge in [-0.1, -0.05) is 0 Å². The standard InChI is InChI=1S/C14H11F3N2O/c15-10-5-12(16)11(13(17)6-10)7-14(20)19-8-9-1-3-18-4-2-9/h1-6H,7-8H2,(H,19,20). The van der Waals surface area contributed by atoms with E-state index in [9.17, 15) is 18.0 Å². The third-order valence-corrected chi connectivity index (χ3v) is 2.68. The molecular weight excluding hydrogens is 269 g/mol. The van der Waals surface area contributed by atoms with Crippen molar-refractivity contribution in [1.29, 1.82) is 0 Å². The van der Waals surface area contributed by atoms with Gasteiger partial charge in [-0.25, -0.2) is 13.2 Å². The minimum absolute atomic E-state index is 0.228. The molecule has 0 spiro atoms. The Kier molecular flexibility index (Phi) is 4.34. The van der Waals surface area contributed by atoms with E-state index in [1.165, 1.54) is 0 Å². The highest BCUT2D eigenvalue weighted by molar-refractivity contribution is 5.78. The Hall–Kier alpha value is -2.37. The van der Waals surface area contributed by atoms with Gasteiger partial charge in [0, 0.05) is 36.6 Å². The molecule has 104 valence electrons. The van der Waals surface area contributed by atoms with Crippen LogP contribution in [0.5, 0.6) is 0 Å². The number of nitrogens with one attached hydrogen (secondary N) is 1. The van der Waals surface area contributed by atoms with Crippen molar-refractivity contribution in [3.05, 3.63) is 65.2 Å². The van der Waals surface area contributed by atoms with E-state index in [-0.39, 0.29) is 6.54 Å². The summed E-state index contributed by atoms with van der Waals surface area (Å²) in [6, 6.07) is 4.52. The summed E-state index contributed by atoms with van der Waals surface area (Å²) in [5.41, 5.74) is 0.368. The molecule has 1 heterocycles. The molecule has 0 atom stereocenters. The van der Waals surface area contributed by atoms with Gasteiger partial charge in [0.1, 0.15) is 17.5 Å². The normalized spacial score (nSPS) is 10.3. The zero-order chi connectivity index (χ0) is 14.5. The van der Waals surface area contributed by atoms with Crippen LogP contribution in [-0.2, 0) is 17.8 Å². The minimum Gasteiger partial charge on any atom is -0.352 e. The molecule has 0 aliphatic rings. The van der Waals surface area contributed by atoms with Crippen molar-refractivity contribution < 1.29 is 18.0 Å². The molecule has 1 N–H and O–H groups in total. The summed E-state index contributed by atoms with van der Waals surface area (Å²) >= 11 is 0. The van der Waals surface area contributed by atoms with Gasteiger partial charge in [0.2, 0.25) is 5.91 Å². The third kappa shape index (κ3) is 3.57. The molecular formula is C14H11F3N2O. The first-order valence-electron chi connectivity index (χ1n) is 5.85. The summed E-state index contributed by atoms with van der Waals surface area (Å²) in [7, 11) is 0. The van der Waals surface area contributed by atoms with Gasteiger partial charge < -0.3 is 5.32 Å². The minimum atomic E-state index is -1.07. The van der Waals surface area contributed by atoms with Crippen LogP contribution in [0.2, 0.25) is 0 Å². The molecule has 6 heteroatoms. The van der Waals surface area contributed by atoms with Crippen LogP contribution >= 0.6 is 0 Å². The Balaban J connectivity index is 1.98. The summed E-state index contributed by atoms with van der Waals surface area (Å²) in [4.78, 5) is 15.4. The number of aromatic nitrogens is 1. The molecule has 1 amide bonds. The molecule has 0 bridgehead atoms. The predicted octanol–water partition coefficient (Wildman–Crippen LogP) is 2.36. The fraction of sp³-hybridized carbons (Fsp3) is 0.143. The van der Waals surface area contributed by atoms with Crippen molar-refractivity contribution in [1.82, 2.24) is 10.3 Å². The first kappa shape index (κ1) is 14.0. The molecule has 1 aromatic carbocycles. The molecule has 0 radical (unpaired) electrons. The quantitative estimate of drug-likeness (QED) is 0.934. The molecule has 0 unspecified atom stereocenters. The fourth-order valence-electron chi connectivity index (χ4n) is 1.67. The van der Waals surface area contributed by atoms with Gasteiger partial charge in [-0.3, -0.25) is 9.78 Å². The largest absolute Gasteiger partial charge is 0.352 e. The van der Waals surface area contributed by atoms with E-state index in [4.69, 9.17) is 0 Å². The summed E-state index contributed by atoms with van der Waals surface area (Å²) in [6.07, 6.45) is 2.66. The lowest BCUT2D eigenvalue weighted by molar-refractivity contribution is -0.120. The number of pyridine rings is 1. The van der Waals surface area contributed by atoms with Crippen LogP contribution in [0.15, 0.2) is 36.7 Å². The van der Waals surface area contributed by atoms with Crippen LogP contribution in [0, 0.1) is 17.5 Å². The maximum absolute atomic E-state index is 13.4. The number of carbonyl (C=O) groups excluding carboxylic acids is 1. The number of halogens is 3. The van der Waals surface area contributed by atoms with Crippen LogP contribution in [-0.4, -0.2) is 10.9 Å². The van der Waals surface area contributed by atoms with Crippen LogP contribution in [0.4, 0.5) is 13.2 Å². The van der Waals surface area contributed by atoms with Gasteiger partial charge in [-0.2, -0.15) is 0 Å². The van der Waals surface area contributed by atoms with Gasteiger partial charge in [-0.15, -0.1) is 0 Å². The smallest absolute Gasteiger partial charge is 0.224 e. The molecule has 0 saturated carbocycles.